The molecule has 12 nitrogen and oxygen atoms in total. The minimum absolute atomic E-state index is 0.102. The van der Waals surface area contributed by atoms with Gasteiger partial charge in [0.15, 0.2) is 0 Å². The molecule has 1 N–H and O–H groups in total. The molecule has 0 aromatic heterocycles. The molecule has 0 radical (unpaired) electrons. The summed E-state index contributed by atoms with van der Waals surface area (Å²) in [5.74, 6) is 0. The lowest BCUT2D eigenvalue weighted by molar-refractivity contribution is -0.135. The highest BCUT2D eigenvalue weighted by Gasteiger charge is 2.54. The van der Waals surface area contributed by atoms with Crippen LogP contribution in [-0.2, 0) is 23.7 Å². The molecule has 0 atom stereocenters. The minimum atomic E-state index is -0.545. The summed E-state index contributed by atoms with van der Waals surface area (Å²) in [5.41, 5.74) is -2.16. The zero-order valence-electron chi connectivity index (χ0n) is 25.3. The number of nitrogens with one attached hydrogen (secondary N) is 1. The Hall–Kier alpha value is -1.09. The third-order valence-electron chi connectivity index (χ3n) is 11.5. The van der Waals surface area contributed by atoms with Crippen LogP contribution in [0.1, 0.15) is 77.0 Å². The number of ether oxygens (including phenoxy) is 5. The Morgan fingerprint density at radius 2 is 1.07 bits per heavy atom. The molecular weight excluding hydrogens is 544 g/mol. The Kier molecular flexibility index (Phi) is 9.37. The van der Waals surface area contributed by atoms with Crippen molar-refractivity contribution in [1.29, 1.82) is 0 Å². The number of piperidine rings is 2. The monoisotopic (exact) mass is 594 g/mol. The van der Waals surface area contributed by atoms with Gasteiger partial charge in [-0.3, -0.25) is 0 Å². The van der Waals surface area contributed by atoms with E-state index in [0.717, 1.165) is 0 Å². The van der Waals surface area contributed by atoms with Gasteiger partial charge in [0.1, 0.15) is 0 Å². The first-order valence-electron chi connectivity index (χ1n) is 16.2. The van der Waals surface area contributed by atoms with Crippen molar-refractivity contribution in [3.63, 3.8) is 0 Å². The van der Waals surface area contributed by atoms with Crippen molar-refractivity contribution in [2.75, 3.05) is 73.1 Å². The van der Waals surface area contributed by atoms with Crippen LogP contribution in [0.2, 0.25) is 0 Å². The summed E-state index contributed by atoms with van der Waals surface area (Å²) in [6, 6.07) is -0.345. The van der Waals surface area contributed by atoms with Crippen LogP contribution in [-0.4, -0.2) is 128 Å². The molecule has 6 saturated heterocycles. The number of methoxy groups -OCH3 is 1. The maximum absolute atomic E-state index is 14.3. The number of urea groups is 1. The molecular formula is C30H50N4O8-2. The van der Waals surface area contributed by atoms with E-state index in [1.165, 1.54) is 10.1 Å². The van der Waals surface area contributed by atoms with Gasteiger partial charge in [-0.15, -0.1) is 0 Å². The van der Waals surface area contributed by atoms with Crippen molar-refractivity contribution in [1.82, 2.24) is 20.3 Å². The van der Waals surface area contributed by atoms with Crippen LogP contribution in [0.5, 0.6) is 0 Å². The van der Waals surface area contributed by atoms with Crippen LogP contribution in [0.15, 0.2) is 0 Å². The molecule has 4 spiro atoms. The Labute approximate surface area is 249 Å². The Balaban J connectivity index is 1.25. The lowest BCUT2D eigenvalue weighted by Crippen LogP contribution is -2.71. The van der Waals surface area contributed by atoms with Gasteiger partial charge in [-0.25, -0.2) is 4.79 Å². The first-order chi connectivity index (χ1) is 20.4. The summed E-state index contributed by atoms with van der Waals surface area (Å²) in [4.78, 5) is 16.3. The van der Waals surface area contributed by atoms with Gasteiger partial charge in [0.2, 0.25) is 0 Å². The smallest absolute Gasteiger partial charge is 0.317 e. The van der Waals surface area contributed by atoms with E-state index in [1.54, 1.807) is 7.11 Å². The van der Waals surface area contributed by atoms with Crippen LogP contribution in [0.3, 0.4) is 0 Å². The summed E-state index contributed by atoms with van der Waals surface area (Å²) < 4.78 is 28.2. The summed E-state index contributed by atoms with van der Waals surface area (Å²) in [7, 11) is 1.66. The molecule has 6 aliphatic heterocycles. The molecule has 42 heavy (non-hydrogen) atoms. The van der Waals surface area contributed by atoms with E-state index < -0.39 is 22.2 Å². The topological polar surface area (TPSA) is 131 Å². The number of carbonyl (C=O) groups excluding carboxylic acids is 1. The van der Waals surface area contributed by atoms with E-state index in [9.17, 15) is 15.2 Å². The molecule has 0 aliphatic carbocycles. The zero-order chi connectivity index (χ0) is 29.3. The minimum Gasteiger partial charge on any atom is -0.784 e. The highest BCUT2D eigenvalue weighted by atomic mass is 16.5. The van der Waals surface area contributed by atoms with Crippen LogP contribution < -0.4 is 5.32 Å². The lowest BCUT2D eigenvalue weighted by Gasteiger charge is -2.67. The molecule has 0 aromatic carbocycles. The van der Waals surface area contributed by atoms with Crippen LogP contribution >= 0.6 is 0 Å². The molecule has 6 heterocycles. The van der Waals surface area contributed by atoms with Gasteiger partial charge in [0.25, 0.3) is 0 Å². The summed E-state index contributed by atoms with van der Waals surface area (Å²) in [6.45, 7) is 5.38. The summed E-state index contributed by atoms with van der Waals surface area (Å²) >= 11 is 0. The first-order valence-corrected chi connectivity index (χ1v) is 16.2. The first kappa shape index (κ1) is 30.9. The second kappa shape index (κ2) is 12.7. The third kappa shape index (κ3) is 5.72. The highest BCUT2D eigenvalue weighted by Crippen LogP contribution is 2.50. The molecule has 0 saturated carbocycles. The van der Waals surface area contributed by atoms with Gasteiger partial charge < -0.3 is 54.4 Å². The SMILES string of the molecule is COCCN(C(=O)NC1CC2(CCOCC2)N([O-])C2(CCOCC2)C1)C1CC2(CCOCC2)N([O-])C2(CCOCC2)C1. The van der Waals surface area contributed by atoms with E-state index in [1.807, 2.05) is 4.90 Å². The normalized spacial score (nSPS) is 32.7. The van der Waals surface area contributed by atoms with E-state index in [4.69, 9.17) is 23.7 Å². The van der Waals surface area contributed by atoms with Gasteiger partial charge >= 0.3 is 6.03 Å². The van der Waals surface area contributed by atoms with Gasteiger partial charge in [-0.1, -0.05) is 0 Å². The molecule has 0 unspecified atom stereocenters. The number of amides is 2. The summed E-state index contributed by atoms with van der Waals surface area (Å²) in [6.07, 6.45) is 7.89. The van der Waals surface area contributed by atoms with Gasteiger partial charge in [-0.2, -0.15) is 0 Å². The molecule has 240 valence electrons. The van der Waals surface area contributed by atoms with Gasteiger partial charge in [0, 0.05) is 101 Å². The van der Waals surface area contributed by atoms with E-state index in [-0.39, 0.29) is 18.1 Å². The predicted octanol–water partition coefficient (Wildman–Crippen LogP) is 2.77. The Morgan fingerprint density at radius 1 is 0.714 bits per heavy atom. The van der Waals surface area contributed by atoms with Crippen molar-refractivity contribution in [3.05, 3.63) is 10.4 Å². The van der Waals surface area contributed by atoms with Crippen molar-refractivity contribution < 1.29 is 28.5 Å². The predicted molar refractivity (Wildman–Crippen MR) is 155 cm³/mol. The molecule has 0 bridgehead atoms. The second-order valence-electron chi connectivity index (χ2n) is 13.7. The quantitative estimate of drug-likeness (QED) is 0.507. The molecule has 6 aliphatic rings. The number of carbonyl (C=O) groups is 1. The van der Waals surface area contributed by atoms with Crippen LogP contribution in [0, 0.1) is 10.4 Å². The van der Waals surface area contributed by atoms with E-state index in [0.29, 0.717) is 143 Å². The maximum atomic E-state index is 14.3. The maximum Gasteiger partial charge on any atom is 0.317 e. The van der Waals surface area contributed by atoms with E-state index in [2.05, 4.69) is 5.32 Å². The molecule has 6 rings (SSSR count). The standard InChI is InChI=1S/C30H50N4O8/c1-38-19-10-32(25-22-29(6-15-41-16-7-29)34(37)30(23-25)8-17-42-18-9-30)26(35)31-24-20-27(2-11-39-12-3-27)33(36)28(21-24)4-13-40-14-5-28/h24-25H,2-23H2,1H3,(H,31,35)/q-2. The number of nitrogens with zero attached hydrogens (tertiary/aromatic N) is 3. The highest BCUT2D eigenvalue weighted by molar-refractivity contribution is 5.75. The Bertz CT molecular complexity index is 859. The molecule has 2 amide bonds. The third-order valence-corrected chi connectivity index (χ3v) is 11.5. The fourth-order valence-electron chi connectivity index (χ4n) is 9.13. The number of rotatable bonds is 5. The second-order valence-corrected chi connectivity index (χ2v) is 13.7. The largest absolute Gasteiger partial charge is 0.784 e. The van der Waals surface area contributed by atoms with Crippen molar-refractivity contribution in [2.24, 2.45) is 0 Å². The number of hydrogen-bond donors (Lipinski definition) is 1. The van der Waals surface area contributed by atoms with Gasteiger partial charge in [-0.05, 0) is 77.0 Å². The molecule has 12 heteroatoms. The zero-order valence-corrected chi connectivity index (χ0v) is 25.3. The average molecular weight is 595 g/mol. The molecule has 0 aromatic rings. The fraction of sp³-hybridized carbons (Fsp3) is 0.967. The van der Waals surface area contributed by atoms with Crippen LogP contribution in [0.4, 0.5) is 4.79 Å². The number of hydroxylamine groups is 4. The van der Waals surface area contributed by atoms with Crippen LogP contribution in [0.25, 0.3) is 0 Å². The van der Waals surface area contributed by atoms with Gasteiger partial charge in [0.05, 0.1) is 6.61 Å². The van der Waals surface area contributed by atoms with Crippen molar-refractivity contribution in [3.8, 4) is 0 Å². The average Bonchev–Trinajstić information content (AvgIpc) is 3.01. The lowest BCUT2D eigenvalue weighted by atomic mass is 9.69. The summed E-state index contributed by atoms with van der Waals surface area (Å²) in [5, 5.41) is 34.4. The molecule has 6 fully saturated rings. The number of hydrogen-bond acceptors (Lipinski definition) is 10. The van der Waals surface area contributed by atoms with Crippen molar-refractivity contribution in [2.45, 2.75) is 111 Å². The Morgan fingerprint density at radius 3 is 1.43 bits per heavy atom. The van der Waals surface area contributed by atoms with Crippen molar-refractivity contribution >= 4 is 6.03 Å². The van der Waals surface area contributed by atoms with E-state index >= 15 is 0 Å². The fourth-order valence-corrected chi connectivity index (χ4v) is 9.13.